The number of methoxy groups -OCH3 is 1. The normalized spacial score (nSPS) is 13.9. The molecule has 0 saturated heterocycles. The Kier molecular flexibility index (Phi) is 4.42. The van der Waals surface area contributed by atoms with Gasteiger partial charge in [0.15, 0.2) is 6.10 Å². The maximum absolute atomic E-state index is 12.8. The molecule has 0 spiro atoms. The molecular formula is C11H8F6O4. The summed E-state index contributed by atoms with van der Waals surface area (Å²) in [5.41, 5.74) is -4.70. The van der Waals surface area contributed by atoms with Crippen molar-refractivity contribution in [2.24, 2.45) is 0 Å². The summed E-state index contributed by atoms with van der Waals surface area (Å²) < 4.78 is 80.8. The summed E-state index contributed by atoms with van der Waals surface area (Å²) in [6, 6.07) is 0.208. The van der Waals surface area contributed by atoms with Crippen molar-refractivity contribution in [1.29, 1.82) is 0 Å². The van der Waals surface area contributed by atoms with Gasteiger partial charge >= 0.3 is 18.3 Å². The van der Waals surface area contributed by atoms with Gasteiger partial charge in [-0.3, -0.25) is 0 Å². The number of carboxylic acid groups (broad SMARTS) is 1. The van der Waals surface area contributed by atoms with E-state index in [1.165, 1.54) is 0 Å². The van der Waals surface area contributed by atoms with Gasteiger partial charge in [0.2, 0.25) is 0 Å². The Bertz CT molecular complexity index is 514. The molecule has 1 atom stereocenters. The van der Waals surface area contributed by atoms with Crippen molar-refractivity contribution in [3.8, 4) is 5.75 Å². The van der Waals surface area contributed by atoms with E-state index in [0.717, 1.165) is 0 Å². The quantitative estimate of drug-likeness (QED) is 0.841. The van der Waals surface area contributed by atoms with E-state index in [2.05, 4.69) is 4.74 Å². The molecule has 1 aromatic carbocycles. The van der Waals surface area contributed by atoms with Crippen molar-refractivity contribution in [1.82, 2.24) is 0 Å². The third kappa shape index (κ3) is 3.57. The Labute approximate surface area is 113 Å². The second-order valence-corrected chi connectivity index (χ2v) is 3.89. The van der Waals surface area contributed by atoms with Gasteiger partial charge in [-0.15, -0.1) is 0 Å². The molecule has 1 unspecified atom stereocenters. The second kappa shape index (κ2) is 5.43. The Morgan fingerprint density at radius 1 is 1.10 bits per heavy atom. The molecule has 0 aliphatic rings. The average Bonchev–Trinajstić information content (AvgIpc) is 2.33. The lowest BCUT2D eigenvalue weighted by Gasteiger charge is -2.20. The van der Waals surface area contributed by atoms with Crippen LogP contribution >= 0.6 is 0 Å². The topological polar surface area (TPSA) is 66.8 Å². The lowest BCUT2D eigenvalue weighted by atomic mass is 9.99. The number of benzene rings is 1. The molecule has 1 rings (SSSR count). The lowest BCUT2D eigenvalue weighted by molar-refractivity contribution is -0.149. The molecule has 0 saturated carbocycles. The van der Waals surface area contributed by atoms with Crippen LogP contribution in [0.3, 0.4) is 0 Å². The van der Waals surface area contributed by atoms with Gasteiger partial charge in [-0.2, -0.15) is 26.3 Å². The minimum absolute atomic E-state index is 0.104. The van der Waals surface area contributed by atoms with Crippen LogP contribution in [0.25, 0.3) is 0 Å². The largest absolute Gasteiger partial charge is 0.495 e. The highest BCUT2D eigenvalue weighted by Gasteiger charge is 2.43. The van der Waals surface area contributed by atoms with Gasteiger partial charge in [0.25, 0.3) is 0 Å². The molecule has 0 radical (unpaired) electrons. The van der Waals surface area contributed by atoms with Crippen molar-refractivity contribution in [3.05, 3.63) is 28.8 Å². The maximum Gasteiger partial charge on any atom is 0.419 e. The summed E-state index contributed by atoms with van der Waals surface area (Å²) in [6.07, 6.45) is -13.0. The molecule has 0 heterocycles. The first kappa shape index (κ1) is 17.1. The Morgan fingerprint density at radius 3 is 1.71 bits per heavy atom. The third-order valence-corrected chi connectivity index (χ3v) is 2.48. The first-order valence-electron chi connectivity index (χ1n) is 5.16. The van der Waals surface area contributed by atoms with E-state index in [1.807, 2.05) is 0 Å². The fourth-order valence-electron chi connectivity index (χ4n) is 1.59. The standard InChI is InChI=1S/C11H8F6O4/c1-21-8-5(10(12,13)14)2-4(7(18)9(19)20)3-6(8)11(15,16)17/h2-3,7,18H,1H3,(H,19,20). The molecule has 1 aromatic rings. The van der Waals surface area contributed by atoms with Gasteiger partial charge in [0.1, 0.15) is 5.75 Å². The van der Waals surface area contributed by atoms with E-state index in [9.17, 15) is 31.1 Å². The first-order chi connectivity index (χ1) is 9.39. The fraction of sp³-hybridized carbons (Fsp3) is 0.364. The number of rotatable bonds is 3. The summed E-state index contributed by atoms with van der Waals surface area (Å²) in [5.74, 6) is -3.47. The number of aliphatic carboxylic acids is 1. The van der Waals surface area contributed by atoms with Gasteiger partial charge in [0, 0.05) is 0 Å². The number of ether oxygens (including phenoxy) is 1. The van der Waals surface area contributed by atoms with Crippen LogP contribution in [0.15, 0.2) is 12.1 Å². The van der Waals surface area contributed by atoms with E-state index in [1.54, 1.807) is 0 Å². The number of halogens is 6. The molecule has 0 aromatic heterocycles. The highest BCUT2D eigenvalue weighted by molar-refractivity contribution is 5.74. The summed E-state index contributed by atoms with van der Waals surface area (Å²) in [6.45, 7) is 0. The zero-order valence-corrected chi connectivity index (χ0v) is 10.2. The summed E-state index contributed by atoms with van der Waals surface area (Å²) in [4.78, 5) is 10.5. The van der Waals surface area contributed by atoms with Gasteiger partial charge in [-0.25, -0.2) is 4.79 Å². The molecule has 0 aliphatic heterocycles. The van der Waals surface area contributed by atoms with Crippen LogP contribution in [-0.2, 0) is 17.1 Å². The van der Waals surface area contributed by atoms with Crippen molar-refractivity contribution in [2.75, 3.05) is 7.11 Å². The third-order valence-electron chi connectivity index (χ3n) is 2.48. The highest BCUT2D eigenvalue weighted by Crippen LogP contribution is 2.45. The minimum Gasteiger partial charge on any atom is -0.495 e. The second-order valence-electron chi connectivity index (χ2n) is 3.89. The van der Waals surface area contributed by atoms with Crippen LogP contribution in [0.4, 0.5) is 26.3 Å². The monoisotopic (exact) mass is 318 g/mol. The summed E-state index contributed by atoms with van der Waals surface area (Å²) in [5, 5.41) is 17.7. The highest BCUT2D eigenvalue weighted by atomic mass is 19.4. The zero-order chi connectivity index (χ0) is 16.6. The van der Waals surface area contributed by atoms with Crippen LogP contribution in [0.2, 0.25) is 0 Å². The van der Waals surface area contributed by atoms with E-state index < -0.39 is 46.9 Å². The molecule has 21 heavy (non-hydrogen) atoms. The lowest BCUT2D eigenvalue weighted by Crippen LogP contribution is -2.18. The van der Waals surface area contributed by atoms with Crippen molar-refractivity contribution < 1.29 is 46.1 Å². The Hall–Kier alpha value is -1.97. The smallest absolute Gasteiger partial charge is 0.419 e. The Balaban J connectivity index is 3.71. The molecular weight excluding hydrogens is 310 g/mol. The van der Waals surface area contributed by atoms with Crippen LogP contribution in [0, 0.1) is 0 Å². The van der Waals surface area contributed by atoms with Crippen molar-refractivity contribution >= 4 is 5.97 Å². The van der Waals surface area contributed by atoms with E-state index in [4.69, 9.17) is 10.2 Å². The first-order valence-corrected chi connectivity index (χ1v) is 5.16. The van der Waals surface area contributed by atoms with Gasteiger partial charge < -0.3 is 14.9 Å². The van der Waals surface area contributed by atoms with Crippen LogP contribution in [0.5, 0.6) is 5.75 Å². The van der Waals surface area contributed by atoms with E-state index >= 15 is 0 Å². The summed E-state index contributed by atoms with van der Waals surface area (Å²) in [7, 11) is 0.618. The number of hydrogen-bond acceptors (Lipinski definition) is 3. The molecule has 0 fully saturated rings. The molecule has 0 bridgehead atoms. The molecule has 4 nitrogen and oxygen atoms in total. The number of hydrogen-bond donors (Lipinski definition) is 2. The minimum atomic E-state index is -5.22. The van der Waals surface area contributed by atoms with Crippen molar-refractivity contribution in [3.63, 3.8) is 0 Å². The molecule has 2 N–H and O–H groups in total. The number of carboxylic acids is 1. The molecule has 10 heteroatoms. The number of carbonyl (C=O) groups is 1. The van der Waals surface area contributed by atoms with Crippen molar-refractivity contribution in [2.45, 2.75) is 18.5 Å². The van der Waals surface area contributed by atoms with Gasteiger partial charge in [0.05, 0.1) is 18.2 Å². The van der Waals surface area contributed by atoms with E-state index in [0.29, 0.717) is 7.11 Å². The number of aliphatic hydroxyl groups is 1. The molecule has 0 aliphatic carbocycles. The van der Waals surface area contributed by atoms with Crippen LogP contribution in [0.1, 0.15) is 22.8 Å². The average molecular weight is 318 g/mol. The molecule has 0 amide bonds. The number of alkyl halides is 6. The van der Waals surface area contributed by atoms with Gasteiger partial charge in [-0.1, -0.05) is 0 Å². The van der Waals surface area contributed by atoms with Crippen LogP contribution < -0.4 is 4.74 Å². The molecule has 118 valence electrons. The SMILES string of the molecule is COc1c(C(F)(F)F)cc(C(O)C(=O)O)cc1C(F)(F)F. The predicted octanol–water partition coefficient (Wildman–Crippen LogP) is 2.85. The zero-order valence-electron chi connectivity index (χ0n) is 10.2. The predicted molar refractivity (Wildman–Crippen MR) is 55.6 cm³/mol. The van der Waals surface area contributed by atoms with Crippen LogP contribution in [-0.4, -0.2) is 23.3 Å². The fourth-order valence-corrected chi connectivity index (χ4v) is 1.59. The Morgan fingerprint density at radius 2 is 1.48 bits per heavy atom. The summed E-state index contributed by atoms with van der Waals surface area (Å²) >= 11 is 0. The maximum atomic E-state index is 12.8. The van der Waals surface area contributed by atoms with E-state index in [-0.39, 0.29) is 12.1 Å². The number of aliphatic hydroxyl groups excluding tert-OH is 1. The van der Waals surface area contributed by atoms with Gasteiger partial charge in [-0.05, 0) is 17.7 Å².